The number of allylic oxidation sites excluding steroid dienone is 4. The van der Waals surface area contributed by atoms with Crippen LogP contribution in [-0.4, -0.2) is 41.0 Å². The maximum atomic E-state index is 12.4. The zero-order valence-electron chi connectivity index (χ0n) is 35.8. The summed E-state index contributed by atoms with van der Waals surface area (Å²) in [5, 5.41) is 0. The number of rotatable bonds is 43. The number of carbonyl (C=O) groups excluding carboxylic acids is 2. The monoisotopic (exact) mass is 799 g/mol. The number of carbonyl (C=O) groups is 2. The van der Waals surface area contributed by atoms with E-state index in [0.717, 1.165) is 57.8 Å². The van der Waals surface area contributed by atoms with Gasteiger partial charge in [-0.25, -0.2) is 4.57 Å². The van der Waals surface area contributed by atoms with Gasteiger partial charge in [0.05, 0.1) is 6.61 Å². The number of unbranched alkanes of at least 4 members (excludes halogenated alkanes) is 29. The van der Waals surface area contributed by atoms with Gasteiger partial charge in [0.15, 0.2) is 6.10 Å². The van der Waals surface area contributed by atoms with Crippen LogP contribution in [0.5, 0.6) is 0 Å². The SMILES string of the molecule is CCCCC/C=C/C/C=C/CCCCCCCC(=O)OC[C@H](COP(=O)(O)O)OC(=O)CCCCCCCCCCCCCCCCCCCCCCCC. The van der Waals surface area contributed by atoms with Gasteiger partial charge in [0.1, 0.15) is 6.61 Å². The molecule has 0 saturated heterocycles. The number of phosphoric acid groups is 1. The summed E-state index contributed by atoms with van der Waals surface area (Å²) >= 11 is 0. The van der Waals surface area contributed by atoms with E-state index < -0.39 is 32.5 Å². The molecule has 0 radical (unpaired) electrons. The molecular formula is C46H87O8P. The molecule has 8 nitrogen and oxygen atoms in total. The van der Waals surface area contributed by atoms with Gasteiger partial charge in [-0.2, -0.15) is 0 Å². The third kappa shape index (κ3) is 45.1. The molecule has 1 atom stereocenters. The maximum absolute atomic E-state index is 12.4. The topological polar surface area (TPSA) is 119 Å². The van der Waals surface area contributed by atoms with Crippen LogP contribution in [0.15, 0.2) is 24.3 Å². The van der Waals surface area contributed by atoms with E-state index in [1.165, 1.54) is 141 Å². The Balaban J connectivity index is 3.83. The highest BCUT2D eigenvalue weighted by atomic mass is 31.2. The van der Waals surface area contributed by atoms with Gasteiger partial charge in [-0.3, -0.25) is 14.1 Å². The van der Waals surface area contributed by atoms with Crippen LogP contribution in [0.4, 0.5) is 0 Å². The van der Waals surface area contributed by atoms with E-state index in [1.54, 1.807) is 0 Å². The first-order valence-corrected chi connectivity index (χ1v) is 24.7. The average Bonchev–Trinajstić information content (AvgIpc) is 3.16. The summed E-state index contributed by atoms with van der Waals surface area (Å²) < 4.78 is 26.4. The van der Waals surface area contributed by atoms with Crippen LogP contribution >= 0.6 is 7.82 Å². The van der Waals surface area contributed by atoms with Gasteiger partial charge in [-0.05, 0) is 44.9 Å². The summed E-state index contributed by atoms with van der Waals surface area (Å²) in [5.74, 6) is -0.889. The molecule has 0 spiro atoms. The lowest BCUT2D eigenvalue weighted by atomic mass is 10.0. The Hall–Kier alpha value is -1.47. The van der Waals surface area contributed by atoms with Crippen molar-refractivity contribution in [2.75, 3.05) is 13.2 Å². The Bertz CT molecular complexity index is 946. The predicted molar refractivity (Wildman–Crippen MR) is 230 cm³/mol. The lowest BCUT2D eigenvalue weighted by Crippen LogP contribution is -2.29. The van der Waals surface area contributed by atoms with Crippen LogP contribution in [0.3, 0.4) is 0 Å². The summed E-state index contributed by atoms with van der Waals surface area (Å²) in [7, 11) is -4.76. The molecule has 0 amide bonds. The molecule has 0 aliphatic heterocycles. The molecule has 0 bridgehead atoms. The Labute approximate surface area is 339 Å². The number of ether oxygens (including phenoxy) is 2. The molecule has 9 heteroatoms. The van der Waals surface area contributed by atoms with Crippen LogP contribution in [0.25, 0.3) is 0 Å². The highest BCUT2D eigenvalue weighted by molar-refractivity contribution is 7.46. The maximum Gasteiger partial charge on any atom is 0.469 e. The Kier molecular flexibility index (Phi) is 41.0. The molecule has 324 valence electrons. The van der Waals surface area contributed by atoms with Gasteiger partial charge in [0, 0.05) is 12.8 Å². The van der Waals surface area contributed by atoms with Gasteiger partial charge >= 0.3 is 19.8 Å². The van der Waals surface area contributed by atoms with E-state index in [-0.39, 0.29) is 19.4 Å². The summed E-state index contributed by atoms with van der Waals surface area (Å²) in [4.78, 5) is 42.9. The normalized spacial score (nSPS) is 12.6. The first-order valence-electron chi connectivity index (χ1n) is 23.1. The van der Waals surface area contributed by atoms with Gasteiger partial charge in [0.25, 0.3) is 0 Å². The summed E-state index contributed by atoms with van der Waals surface area (Å²) in [6.07, 6.45) is 49.1. The molecular weight excluding hydrogens is 711 g/mol. The molecule has 0 fully saturated rings. The fraction of sp³-hybridized carbons (Fsp3) is 0.870. The second kappa shape index (κ2) is 42.1. The molecule has 55 heavy (non-hydrogen) atoms. The van der Waals surface area contributed by atoms with Crippen molar-refractivity contribution in [3.63, 3.8) is 0 Å². The van der Waals surface area contributed by atoms with Crippen LogP contribution in [0.2, 0.25) is 0 Å². The number of esters is 2. The lowest BCUT2D eigenvalue weighted by molar-refractivity contribution is -0.161. The molecule has 0 aromatic carbocycles. The first-order chi connectivity index (χ1) is 26.8. The second-order valence-corrected chi connectivity index (χ2v) is 17.0. The molecule has 0 aliphatic rings. The summed E-state index contributed by atoms with van der Waals surface area (Å²) in [6, 6.07) is 0. The summed E-state index contributed by atoms with van der Waals surface area (Å²) in [5.41, 5.74) is 0. The van der Waals surface area contributed by atoms with E-state index in [4.69, 9.17) is 19.3 Å². The standard InChI is InChI=1S/C46H87O8P/c1-3-5-7-9-11-13-15-17-19-20-21-22-23-24-25-27-29-31-33-35-37-39-41-46(48)54-44(43-53-55(49,50)51)42-52-45(47)40-38-36-34-32-30-28-26-18-16-14-12-10-8-6-4-2/h12,14,18,26,44H,3-11,13,15-17,19-25,27-43H2,1-2H3,(H2,49,50,51)/b14-12+,26-18+/t44-/m1/s1. The third-order valence-electron chi connectivity index (χ3n) is 10.2. The van der Waals surface area contributed by atoms with E-state index >= 15 is 0 Å². The highest BCUT2D eigenvalue weighted by Gasteiger charge is 2.23. The lowest BCUT2D eigenvalue weighted by Gasteiger charge is -2.18. The molecule has 0 unspecified atom stereocenters. The van der Waals surface area contributed by atoms with Crippen molar-refractivity contribution < 1.29 is 37.9 Å². The van der Waals surface area contributed by atoms with Crippen molar-refractivity contribution in [2.24, 2.45) is 0 Å². The molecule has 0 heterocycles. The van der Waals surface area contributed by atoms with Crippen molar-refractivity contribution in [3.05, 3.63) is 24.3 Å². The van der Waals surface area contributed by atoms with E-state index in [9.17, 15) is 14.2 Å². The smallest absolute Gasteiger partial charge is 0.462 e. The van der Waals surface area contributed by atoms with Crippen molar-refractivity contribution in [1.29, 1.82) is 0 Å². The molecule has 0 rings (SSSR count). The minimum Gasteiger partial charge on any atom is -0.462 e. The third-order valence-corrected chi connectivity index (χ3v) is 10.7. The fourth-order valence-corrected chi connectivity index (χ4v) is 7.12. The molecule has 0 saturated carbocycles. The molecule has 2 N–H and O–H groups in total. The second-order valence-electron chi connectivity index (χ2n) is 15.7. The van der Waals surface area contributed by atoms with Crippen molar-refractivity contribution in [2.45, 2.75) is 245 Å². The zero-order valence-corrected chi connectivity index (χ0v) is 36.7. The van der Waals surface area contributed by atoms with Crippen LogP contribution in [0, 0.1) is 0 Å². The molecule has 0 aromatic heterocycles. The molecule has 0 aromatic rings. The summed E-state index contributed by atoms with van der Waals surface area (Å²) in [6.45, 7) is 3.68. The van der Waals surface area contributed by atoms with Crippen LogP contribution in [0.1, 0.15) is 239 Å². The predicted octanol–water partition coefficient (Wildman–Crippen LogP) is 14.4. The fourth-order valence-electron chi connectivity index (χ4n) is 6.76. The first kappa shape index (κ1) is 53.5. The van der Waals surface area contributed by atoms with Gasteiger partial charge < -0.3 is 19.3 Å². The zero-order chi connectivity index (χ0) is 40.3. The Morgan fingerprint density at radius 3 is 1.24 bits per heavy atom. The van der Waals surface area contributed by atoms with E-state index in [0.29, 0.717) is 12.8 Å². The highest BCUT2D eigenvalue weighted by Crippen LogP contribution is 2.36. The van der Waals surface area contributed by atoms with Gasteiger partial charge in [-0.15, -0.1) is 0 Å². The quantitative estimate of drug-likeness (QED) is 0.0271. The largest absolute Gasteiger partial charge is 0.469 e. The Morgan fingerprint density at radius 1 is 0.473 bits per heavy atom. The van der Waals surface area contributed by atoms with Crippen LogP contribution in [-0.2, 0) is 28.2 Å². The average molecular weight is 799 g/mol. The number of hydrogen-bond donors (Lipinski definition) is 2. The van der Waals surface area contributed by atoms with Crippen LogP contribution < -0.4 is 0 Å². The van der Waals surface area contributed by atoms with Crippen molar-refractivity contribution in [1.82, 2.24) is 0 Å². The number of hydrogen-bond acceptors (Lipinski definition) is 6. The van der Waals surface area contributed by atoms with Crippen molar-refractivity contribution >= 4 is 19.8 Å². The molecule has 0 aliphatic carbocycles. The van der Waals surface area contributed by atoms with E-state index in [1.807, 2.05) is 0 Å². The Morgan fingerprint density at radius 2 is 0.818 bits per heavy atom. The van der Waals surface area contributed by atoms with E-state index in [2.05, 4.69) is 42.7 Å². The van der Waals surface area contributed by atoms with Gasteiger partial charge in [-0.1, -0.05) is 205 Å². The van der Waals surface area contributed by atoms with Crippen molar-refractivity contribution in [3.8, 4) is 0 Å². The van der Waals surface area contributed by atoms with Gasteiger partial charge in [0.2, 0.25) is 0 Å². The minimum absolute atomic E-state index is 0.214. The minimum atomic E-state index is -4.76. The number of phosphoric ester groups is 1.